The van der Waals surface area contributed by atoms with E-state index < -0.39 is 5.54 Å². The van der Waals surface area contributed by atoms with Crippen LogP contribution in [0.1, 0.15) is 40.5 Å². The number of nitrogens with zero attached hydrogens (tertiary/aromatic N) is 2. The highest BCUT2D eigenvalue weighted by Crippen LogP contribution is 2.19. The molecular weight excluding hydrogens is 266 g/mol. The summed E-state index contributed by atoms with van der Waals surface area (Å²) in [5.74, 6) is -0.165. The van der Waals surface area contributed by atoms with Gasteiger partial charge < -0.3 is 10.1 Å². The molecule has 5 nitrogen and oxygen atoms in total. The van der Waals surface area contributed by atoms with Crippen molar-refractivity contribution in [3.63, 3.8) is 0 Å². The summed E-state index contributed by atoms with van der Waals surface area (Å²) in [4.78, 5) is 17.0. The van der Waals surface area contributed by atoms with E-state index in [1.807, 2.05) is 6.92 Å². The fourth-order valence-corrected chi connectivity index (χ4v) is 3.26. The first-order valence-corrected chi connectivity index (χ1v) is 8.30. The van der Waals surface area contributed by atoms with Crippen molar-refractivity contribution in [2.75, 3.05) is 46.4 Å². The summed E-state index contributed by atoms with van der Waals surface area (Å²) < 4.78 is 5.00. The maximum absolute atomic E-state index is 12.1. The fraction of sp³-hybridized carbons (Fsp3) is 0.938. The predicted octanol–water partition coefficient (Wildman–Crippen LogP) is 1.33. The number of likely N-dealkylation sites (tertiary alicyclic amines) is 1. The molecule has 0 saturated carbocycles. The van der Waals surface area contributed by atoms with Crippen molar-refractivity contribution in [1.82, 2.24) is 15.1 Å². The molecule has 1 aliphatic rings. The Morgan fingerprint density at radius 3 is 2.57 bits per heavy atom. The Morgan fingerprint density at radius 1 is 1.38 bits per heavy atom. The van der Waals surface area contributed by atoms with Gasteiger partial charge in [0.2, 0.25) is 0 Å². The van der Waals surface area contributed by atoms with Crippen LogP contribution in [0.3, 0.4) is 0 Å². The summed E-state index contributed by atoms with van der Waals surface area (Å²) >= 11 is 0. The van der Waals surface area contributed by atoms with Gasteiger partial charge in [-0.25, -0.2) is 0 Å². The Hall–Kier alpha value is -0.650. The zero-order valence-electron chi connectivity index (χ0n) is 14.4. The van der Waals surface area contributed by atoms with E-state index in [0.29, 0.717) is 6.04 Å². The Balaban J connectivity index is 2.62. The van der Waals surface area contributed by atoms with Crippen molar-refractivity contribution in [3.05, 3.63) is 0 Å². The minimum absolute atomic E-state index is 0.165. The number of likely N-dealkylation sites (N-methyl/N-ethyl adjacent to an activating group) is 1. The highest BCUT2D eigenvalue weighted by atomic mass is 16.5. The zero-order valence-corrected chi connectivity index (χ0v) is 14.4. The molecule has 0 bridgehead atoms. The maximum atomic E-state index is 12.1. The smallest absolute Gasteiger partial charge is 0.327 e. The average Bonchev–Trinajstić information content (AvgIpc) is 2.93. The van der Waals surface area contributed by atoms with Crippen LogP contribution in [0.5, 0.6) is 0 Å². The third-order valence-electron chi connectivity index (χ3n) is 4.52. The second-order valence-electron chi connectivity index (χ2n) is 6.15. The molecule has 2 unspecified atom stereocenters. The van der Waals surface area contributed by atoms with Gasteiger partial charge in [-0.3, -0.25) is 14.6 Å². The van der Waals surface area contributed by atoms with E-state index in [1.165, 1.54) is 13.5 Å². The molecule has 0 aliphatic carbocycles. The second-order valence-corrected chi connectivity index (χ2v) is 6.15. The molecular formula is C16H33N3O2. The molecule has 0 amide bonds. The topological polar surface area (TPSA) is 44.8 Å². The second kappa shape index (κ2) is 8.71. The van der Waals surface area contributed by atoms with Gasteiger partial charge in [-0.05, 0) is 45.9 Å². The van der Waals surface area contributed by atoms with Crippen molar-refractivity contribution in [2.45, 2.75) is 52.1 Å². The third-order valence-corrected chi connectivity index (χ3v) is 4.52. The van der Waals surface area contributed by atoms with Crippen LogP contribution in [0.25, 0.3) is 0 Å². The Morgan fingerprint density at radius 2 is 2.05 bits per heavy atom. The van der Waals surface area contributed by atoms with Crippen molar-refractivity contribution in [1.29, 1.82) is 0 Å². The van der Waals surface area contributed by atoms with Gasteiger partial charge in [0.15, 0.2) is 0 Å². The number of esters is 1. The van der Waals surface area contributed by atoms with Crippen molar-refractivity contribution >= 4 is 5.97 Å². The summed E-state index contributed by atoms with van der Waals surface area (Å²) in [7, 11) is 1.47. The average molecular weight is 299 g/mol. The molecule has 2 atom stereocenters. The quantitative estimate of drug-likeness (QED) is 0.651. The molecule has 5 heteroatoms. The highest BCUT2D eigenvalue weighted by Gasteiger charge is 2.38. The number of hydrogen-bond acceptors (Lipinski definition) is 5. The van der Waals surface area contributed by atoms with Gasteiger partial charge in [-0.1, -0.05) is 20.8 Å². The number of ether oxygens (including phenoxy) is 1. The van der Waals surface area contributed by atoms with Crippen LogP contribution < -0.4 is 5.32 Å². The molecule has 1 aliphatic heterocycles. The van der Waals surface area contributed by atoms with Crippen LogP contribution >= 0.6 is 0 Å². The molecule has 1 fully saturated rings. The summed E-state index contributed by atoms with van der Waals surface area (Å²) in [5.41, 5.74) is -0.608. The zero-order chi connectivity index (χ0) is 15.9. The summed E-state index contributed by atoms with van der Waals surface area (Å²) in [6, 6.07) is 0.619. The molecule has 0 aromatic heterocycles. The monoisotopic (exact) mass is 299 g/mol. The van der Waals surface area contributed by atoms with Crippen molar-refractivity contribution in [2.24, 2.45) is 0 Å². The third kappa shape index (κ3) is 4.94. The lowest BCUT2D eigenvalue weighted by Gasteiger charge is -2.33. The summed E-state index contributed by atoms with van der Waals surface area (Å²) in [5, 5.41) is 3.37. The van der Waals surface area contributed by atoms with Crippen LogP contribution in [0.4, 0.5) is 0 Å². The van der Waals surface area contributed by atoms with Crippen LogP contribution in [0.15, 0.2) is 0 Å². The lowest BCUT2D eigenvalue weighted by Crippen LogP contribution is -2.57. The minimum atomic E-state index is -0.608. The molecule has 1 heterocycles. The summed E-state index contributed by atoms with van der Waals surface area (Å²) in [6.07, 6.45) is 2.20. The van der Waals surface area contributed by atoms with Crippen LogP contribution in [0, 0.1) is 0 Å². The van der Waals surface area contributed by atoms with Gasteiger partial charge in [0, 0.05) is 19.1 Å². The van der Waals surface area contributed by atoms with Crippen LogP contribution in [-0.4, -0.2) is 73.7 Å². The van der Waals surface area contributed by atoms with Crippen LogP contribution in [0.2, 0.25) is 0 Å². The first-order chi connectivity index (χ1) is 10.0. The first kappa shape index (κ1) is 18.4. The predicted molar refractivity (Wildman–Crippen MR) is 86.5 cm³/mol. The minimum Gasteiger partial charge on any atom is -0.468 e. The number of carbonyl (C=O) groups excluding carboxylic acids is 1. The van der Waals surface area contributed by atoms with Gasteiger partial charge in [0.1, 0.15) is 5.54 Å². The first-order valence-electron chi connectivity index (χ1n) is 8.30. The Labute approximate surface area is 130 Å². The molecule has 0 spiro atoms. The number of methoxy groups -OCH3 is 1. The molecule has 124 valence electrons. The number of hydrogen-bond donors (Lipinski definition) is 1. The lowest BCUT2D eigenvalue weighted by atomic mass is 10.0. The largest absolute Gasteiger partial charge is 0.468 e. The molecule has 1 saturated heterocycles. The molecule has 1 N–H and O–H groups in total. The van der Waals surface area contributed by atoms with Gasteiger partial charge in [-0.15, -0.1) is 0 Å². The van der Waals surface area contributed by atoms with Gasteiger partial charge in [0.25, 0.3) is 0 Å². The Kier molecular flexibility index (Phi) is 7.63. The van der Waals surface area contributed by atoms with E-state index in [4.69, 9.17) is 4.74 Å². The van der Waals surface area contributed by atoms with Gasteiger partial charge in [-0.2, -0.15) is 0 Å². The molecule has 0 aromatic carbocycles. The lowest BCUT2D eigenvalue weighted by molar-refractivity contribution is -0.148. The summed E-state index contributed by atoms with van der Waals surface area (Å²) in [6.45, 7) is 14.3. The standard InChI is InChI=1S/C16H33N3O2/c1-6-10-17-16(4,15(20)21-5)13-18-11-9-14(12-18)19(7-2)8-3/h14,17H,6-13H2,1-5H3. The number of nitrogens with one attached hydrogen (secondary N) is 1. The SMILES string of the molecule is CCCNC(C)(CN1CCC(N(CC)CC)C1)C(=O)OC. The van der Waals surface area contributed by atoms with Crippen molar-refractivity contribution < 1.29 is 9.53 Å². The van der Waals surface area contributed by atoms with E-state index in [9.17, 15) is 4.79 Å². The molecule has 0 aromatic rings. The van der Waals surface area contributed by atoms with E-state index in [0.717, 1.165) is 45.7 Å². The molecule has 0 radical (unpaired) electrons. The normalized spacial score (nSPS) is 22.5. The van der Waals surface area contributed by atoms with E-state index in [2.05, 4.69) is 35.9 Å². The number of rotatable bonds is 9. The Bertz CT molecular complexity index is 321. The maximum Gasteiger partial charge on any atom is 0.327 e. The van der Waals surface area contributed by atoms with Crippen LogP contribution in [-0.2, 0) is 9.53 Å². The van der Waals surface area contributed by atoms with Gasteiger partial charge in [0.05, 0.1) is 7.11 Å². The van der Waals surface area contributed by atoms with E-state index in [1.54, 1.807) is 0 Å². The van der Waals surface area contributed by atoms with E-state index in [-0.39, 0.29) is 5.97 Å². The van der Waals surface area contributed by atoms with Crippen molar-refractivity contribution in [3.8, 4) is 0 Å². The molecule has 21 heavy (non-hydrogen) atoms. The fourth-order valence-electron chi connectivity index (χ4n) is 3.26. The van der Waals surface area contributed by atoms with E-state index >= 15 is 0 Å². The molecule has 1 rings (SSSR count). The number of carbonyl (C=O) groups is 1. The van der Waals surface area contributed by atoms with Gasteiger partial charge >= 0.3 is 5.97 Å². The highest BCUT2D eigenvalue weighted by molar-refractivity contribution is 5.80.